The molecule has 0 fully saturated rings. The summed E-state index contributed by atoms with van der Waals surface area (Å²) >= 11 is 0.769. The van der Waals surface area contributed by atoms with Gasteiger partial charge in [-0.05, 0) is 12.1 Å². The van der Waals surface area contributed by atoms with E-state index in [1.54, 1.807) is 6.07 Å². The van der Waals surface area contributed by atoms with E-state index in [0.717, 1.165) is 24.0 Å². The fourth-order valence-corrected chi connectivity index (χ4v) is 2.26. The van der Waals surface area contributed by atoms with Crippen LogP contribution in [0.3, 0.4) is 0 Å². The van der Waals surface area contributed by atoms with Gasteiger partial charge in [-0.1, -0.05) is 23.9 Å². The van der Waals surface area contributed by atoms with Crippen molar-refractivity contribution in [1.82, 2.24) is 4.98 Å². The van der Waals surface area contributed by atoms with Crippen LogP contribution in [0.15, 0.2) is 46.5 Å². The Balaban J connectivity index is 2.44. The van der Waals surface area contributed by atoms with Crippen LogP contribution >= 0.6 is 11.8 Å². The molecular formula is C12H7FN2O4S. The first-order valence-corrected chi connectivity index (χ1v) is 6.11. The second kappa shape index (κ2) is 5.66. The van der Waals surface area contributed by atoms with Crippen molar-refractivity contribution in [3.8, 4) is 0 Å². The lowest BCUT2D eigenvalue weighted by molar-refractivity contribution is -0.388. The predicted molar refractivity (Wildman–Crippen MR) is 68.4 cm³/mol. The van der Waals surface area contributed by atoms with Gasteiger partial charge in [-0.2, -0.15) is 0 Å². The van der Waals surface area contributed by atoms with Crippen molar-refractivity contribution < 1.29 is 19.2 Å². The van der Waals surface area contributed by atoms with Crippen molar-refractivity contribution in [1.29, 1.82) is 0 Å². The van der Waals surface area contributed by atoms with Crippen LogP contribution in [0, 0.1) is 15.9 Å². The van der Waals surface area contributed by atoms with Crippen LogP contribution in [0.25, 0.3) is 0 Å². The quantitative estimate of drug-likeness (QED) is 0.688. The molecule has 0 aliphatic carbocycles. The van der Waals surface area contributed by atoms with Crippen molar-refractivity contribution in [3.05, 3.63) is 58.0 Å². The molecule has 0 atom stereocenters. The molecule has 8 heteroatoms. The Morgan fingerprint density at radius 2 is 2.10 bits per heavy atom. The van der Waals surface area contributed by atoms with Gasteiger partial charge in [-0.15, -0.1) is 0 Å². The molecule has 2 aromatic rings. The van der Waals surface area contributed by atoms with Gasteiger partial charge >= 0.3 is 11.7 Å². The second-order valence-electron chi connectivity index (χ2n) is 3.64. The van der Waals surface area contributed by atoms with Gasteiger partial charge in [0.25, 0.3) is 0 Å². The fraction of sp³-hybridized carbons (Fsp3) is 0. The van der Waals surface area contributed by atoms with Crippen molar-refractivity contribution in [2.75, 3.05) is 0 Å². The molecule has 1 N–H and O–H groups in total. The molecule has 0 aliphatic rings. The molecule has 0 radical (unpaired) electrons. The number of carboxylic acid groups (broad SMARTS) is 1. The van der Waals surface area contributed by atoms with Gasteiger partial charge in [0.15, 0.2) is 5.03 Å². The minimum absolute atomic E-state index is 0.0647. The van der Waals surface area contributed by atoms with Crippen LogP contribution in [-0.4, -0.2) is 21.0 Å². The summed E-state index contributed by atoms with van der Waals surface area (Å²) in [5, 5.41) is 19.7. The van der Waals surface area contributed by atoms with Gasteiger partial charge in [-0.3, -0.25) is 10.1 Å². The number of rotatable bonds is 4. The monoisotopic (exact) mass is 294 g/mol. The first-order valence-electron chi connectivity index (χ1n) is 5.29. The maximum atomic E-state index is 13.5. The molecule has 102 valence electrons. The third kappa shape index (κ3) is 2.91. The van der Waals surface area contributed by atoms with Crippen LogP contribution in [0.5, 0.6) is 0 Å². The van der Waals surface area contributed by atoms with Crippen molar-refractivity contribution in [3.63, 3.8) is 0 Å². The molecule has 2 rings (SSSR count). The van der Waals surface area contributed by atoms with E-state index in [4.69, 9.17) is 5.11 Å². The molecule has 0 saturated carbocycles. The molecule has 0 unspecified atom stereocenters. The van der Waals surface area contributed by atoms with E-state index >= 15 is 0 Å². The Labute approximate surface area is 116 Å². The number of halogens is 1. The first-order chi connectivity index (χ1) is 9.49. The summed E-state index contributed by atoms with van der Waals surface area (Å²) in [6.07, 6.45) is 0.999. The third-order valence-electron chi connectivity index (χ3n) is 2.32. The maximum absolute atomic E-state index is 13.5. The van der Waals surface area contributed by atoms with E-state index in [-0.39, 0.29) is 15.5 Å². The third-order valence-corrected chi connectivity index (χ3v) is 3.38. The number of pyridine rings is 1. The maximum Gasteiger partial charge on any atom is 0.337 e. The van der Waals surface area contributed by atoms with Gasteiger partial charge < -0.3 is 5.11 Å². The largest absolute Gasteiger partial charge is 0.478 e. The zero-order chi connectivity index (χ0) is 14.7. The van der Waals surface area contributed by atoms with Gasteiger partial charge in [0, 0.05) is 17.2 Å². The summed E-state index contributed by atoms with van der Waals surface area (Å²) in [4.78, 5) is 24.9. The normalized spacial score (nSPS) is 10.2. The molecule has 0 saturated heterocycles. The fourth-order valence-electron chi connectivity index (χ4n) is 1.40. The zero-order valence-electron chi connectivity index (χ0n) is 9.82. The number of aromatic carboxylic acids is 1. The zero-order valence-corrected chi connectivity index (χ0v) is 10.6. The Kier molecular flexibility index (Phi) is 3.94. The van der Waals surface area contributed by atoms with Crippen molar-refractivity contribution in [2.24, 2.45) is 0 Å². The summed E-state index contributed by atoms with van der Waals surface area (Å²) in [5.74, 6) is -1.85. The van der Waals surface area contributed by atoms with E-state index in [0.29, 0.717) is 0 Å². The van der Waals surface area contributed by atoms with Crippen LogP contribution in [0.1, 0.15) is 10.4 Å². The number of nitro groups is 1. The highest BCUT2D eigenvalue weighted by Gasteiger charge is 2.20. The topological polar surface area (TPSA) is 93.3 Å². The summed E-state index contributed by atoms with van der Waals surface area (Å²) in [7, 11) is 0. The number of hydrogen-bond acceptors (Lipinski definition) is 5. The number of hydrogen-bond donors (Lipinski definition) is 1. The molecule has 0 aliphatic heterocycles. The Hall–Kier alpha value is -2.48. The second-order valence-corrected chi connectivity index (χ2v) is 4.67. The predicted octanol–water partition coefficient (Wildman–Crippen LogP) is 2.98. The molecule has 1 heterocycles. The Bertz CT molecular complexity index is 693. The van der Waals surface area contributed by atoms with E-state index < -0.39 is 22.4 Å². The van der Waals surface area contributed by atoms with Crippen LogP contribution in [-0.2, 0) is 0 Å². The number of carboxylic acids is 1. The van der Waals surface area contributed by atoms with E-state index in [1.165, 1.54) is 18.2 Å². The number of carbonyl (C=O) groups is 1. The number of benzene rings is 1. The highest BCUT2D eigenvalue weighted by molar-refractivity contribution is 7.99. The van der Waals surface area contributed by atoms with Crippen LogP contribution in [0.4, 0.5) is 10.1 Å². The number of nitrogens with zero attached hydrogens (tertiary/aromatic N) is 2. The average molecular weight is 294 g/mol. The minimum Gasteiger partial charge on any atom is -0.478 e. The van der Waals surface area contributed by atoms with E-state index in [9.17, 15) is 19.3 Å². The van der Waals surface area contributed by atoms with Gasteiger partial charge in [-0.25, -0.2) is 14.2 Å². The lowest BCUT2D eigenvalue weighted by Gasteiger charge is -2.04. The van der Waals surface area contributed by atoms with Crippen molar-refractivity contribution in [2.45, 2.75) is 9.92 Å². The SMILES string of the molecule is O=C(O)c1cnc(Sc2ccccc2F)c([N+](=O)[O-])c1. The Morgan fingerprint density at radius 1 is 1.40 bits per heavy atom. The standard InChI is InChI=1S/C12H7FN2O4S/c13-8-3-1-2-4-10(8)20-11-9(15(18)19)5-7(6-14-11)12(16)17/h1-6H,(H,16,17). The van der Waals surface area contributed by atoms with Gasteiger partial charge in [0.1, 0.15) is 5.82 Å². The molecular weight excluding hydrogens is 287 g/mol. The molecule has 0 bridgehead atoms. The molecule has 20 heavy (non-hydrogen) atoms. The van der Waals surface area contributed by atoms with Crippen LogP contribution in [0.2, 0.25) is 0 Å². The number of aromatic nitrogens is 1. The van der Waals surface area contributed by atoms with E-state index in [2.05, 4.69) is 4.98 Å². The summed E-state index contributed by atoms with van der Waals surface area (Å²) < 4.78 is 13.5. The molecule has 1 aromatic carbocycles. The summed E-state index contributed by atoms with van der Waals surface area (Å²) in [5.41, 5.74) is -0.771. The van der Waals surface area contributed by atoms with Gasteiger partial charge in [0.2, 0.25) is 0 Å². The molecule has 0 amide bonds. The average Bonchev–Trinajstić information content (AvgIpc) is 2.41. The minimum atomic E-state index is -1.32. The van der Waals surface area contributed by atoms with Crippen molar-refractivity contribution >= 4 is 23.4 Å². The van der Waals surface area contributed by atoms with Gasteiger partial charge in [0.05, 0.1) is 10.5 Å². The molecule has 6 nitrogen and oxygen atoms in total. The van der Waals surface area contributed by atoms with Crippen LogP contribution < -0.4 is 0 Å². The Morgan fingerprint density at radius 3 is 2.70 bits per heavy atom. The summed E-state index contributed by atoms with van der Waals surface area (Å²) in [6, 6.07) is 6.66. The first kappa shape index (κ1) is 13.9. The lowest BCUT2D eigenvalue weighted by atomic mass is 10.3. The highest BCUT2D eigenvalue weighted by atomic mass is 32.2. The summed E-state index contributed by atoms with van der Waals surface area (Å²) in [6.45, 7) is 0. The highest BCUT2D eigenvalue weighted by Crippen LogP contribution is 2.34. The smallest absolute Gasteiger partial charge is 0.337 e. The molecule has 0 spiro atoms. The lowest BCUT2D eigenvalue weighted by Crippen LogP contribution is -2.01. The molecule has 1 aromatic heterocycles. The van der Waals surface area contributed by atoms with E-state index in [1.807, 2.05) is 0 Å².